The number of hydrogen-bond acceptors (Lipinski definition) is 3. The number of carbonyl (C=O) groups is 1. The fraction of sp³-hybridized carbons (Fsp3) is 0.900. The van der Waals surface area contributed by atoms with Gasteiger partial charge in [-0.05, 0) is 13.8 Å². The Labute approximate surface area is 98.1 Å². The van der Waals surface area contributed by atoms with E-state index in [0.717, 1.165) is 0 Å². The van der Waals surface area contributed by atoms with Crippen molar-refractivity contribution in [1.82, 2.24) is 10.2 Å². The van der Waals surface area contributed by atoms with E-state index in [1.54, 1.807) is 4.90 Å². The molecule has 0 aliphatic carbocycles. The normalized spacial score (nSPS) is 26.1. The molecule has 1 rings (SSSR count). The molecule has 1 heterocycles. The fourth-order valence-electron chi connectivity index (χ4n) is 1.75. The lowest BCUT2D eigenvalue weighted by molar-refractivity contribution is -0.178. The van der Waals surface area contributed by atoms with Crippen LogP contribution in [0.4, 0.5) is 13.2 Å². The Morgan fingerprint density at radius 1 is 1.47 bits per heavy atom. The van der Waals surface area contributed by atoms with Crippen molar-refractivity contribution in [2.75, 3.05) is 26.3 Å². The minimum Gasteiger partial charge on any atom is -0.362 e. The summed E-state index contributed by atoms with van der Waals surface area (Å²) in [7, 11) is 0. The molecule has 1 amide bonds. The van der Waals surface area contributed by atoms with Gasteiger partial charge in [-0.2, -0.15) is 13.2 Å². The highest BCUT2D eigenvalue weighted by Crippen LogP contribution is 2.15. The summed E-state index contributed by atoms with van der Waals surface area (Å²) in [6, 6.07) is 0.0982. The monoisotopic (exact) mass is 254 g/mol. The Kier molecular flexibility index (Phi) is 4.76. The third-order valence-electron chi connectivity index (χ3n) is 2.85. The molecular formula is C10H17F3N2O2. The number of piperazine rings is 1. The Morgan fingerprint density at radius 2 is 2.12 bits per heavy atom. The maximum absolute atomic E-state index is 11.8. The Bertz CT molecular complexity index is 271. The molecule has 1 fully saturated rings. The third-order valence-corrected chi connectivity index (χ3v) is 2.85. The van der Waals surface area contributed by atoms with Crippen LogP contribution in [-0.4, -0.2) is 55.4 Å². The summed E-state index contributed by atoms with van der Waals surface area (Å²) in [6.45, 7) is 3.04. The van der Waals surface area contributed by atoms with E-state index in [4.69, 9.17) is 0 Å². The van der Waals surface area contributed by atoms with Crippen LogP contribution in [0.1, 0.15) is 13.8 Å². The maximum Gasteiger partial charge on any atom is 0.411 e. The summed E-state index contributed by atoms with van der Waals surface area (Å²) in [6.07, 6.45) is -4.39. The Balaban J connectivity index is 2.37. The molecular weight excluding hydrogens is 237 g/mol. The van der Waals surface area contributed by atoms with Crippen LogP contribution in [0.15, 0.2) is 0 Å². The molecule has 0 radical (unpaired) electrons. The van der Waals surface area contributed by atoms with Crippen molar-refractivity contribution < 1.29 is 22.7 Å². The first kappa shape index (κ1) is 14.2. The van der Waals surface area contributed by atoms with E-state index in [9.17, 15) is 18.0 Å². The third kappa shape index (κ3) is 4.51. The Hall–Kier alpha value is -0.820. The number of rotatable bonds is 3. The molecule has 100 valence electrons. The van der Waals surface area contributed by atoms with E-state index >= 15 is 0 Å². The van der Waals surface area contributed by atoms with Gasteiger partial charge in [0.05, 0.1) is 0 Å². The molecule has 0 aromatic carbocycles. The van der Waals surface area contributed by atoms with E-state index in [2.05, 4.69) is 10.1 Å². The second-order valence-electron chi connectivity index (χ2n) is 4.18. The van der Waals surface area contributed by atoms with Gasteiger partial charge in [-0.15, -0.1) is 0 Å². The number of alkyl halides is 3. The van der Waals surface area contributed by atoms with Crippen LogP contribution >= 0.6 is 0 Å². The number of ether oxygens (including phenoxy) is 1. The van der Waals surface area contributed by atoms with Crippen LogP contribution in [0.2, 0.25) is 0 Å². The van der Waals surface area contributed by atoms with Crippen molar-refractivity contribution in [2.24, 2.45) is 0 Å². The van der Waals surface area contributed by atoms with Crippen LogP contribution in [-0.2, 0) is 9.53 Å². The highest BCUT2D eigenvalue weighted by molar-refractivity contribution is 5.78. The zero-order valence-electron chi connectivity index (χ0n) is 9.88. The standard InChI is InChI=1S/C10H17F3N2O2/c1-7-8(2)15(4-3-14-7)9(16)5-17-6-10(11,12)13/h7-8,14H,3-6H2,1-2H3. The van der Waals surface area contributed by atoms with Gasteiger partial charge in [-0.25, -0.2) is 0 Å². The zero-order chi connectivity index (χ0) is 13.1. The topological polar surface area (TPSA) is 41.6 Å². The Morgan fingerprint density at radius 3 is 2.71 bits per heavy atom. The molecule has 7 heteroatoms. The summed E-state index contributed by atoms with van der Waals surface area (Å²) < 4.78 is 39.8. The van der Waals surface area contributed by atoms with Crippen molar-refractivity contribution in [3.63, 3.8) is 0 Å². The number of nitrogens with one attached hydrogen (secondary N) is 1. The van der Waals surface area contributed by atoms with Gasteiger partial charge in [-0.1, -0.05) is 0 Å². The lowest BCUT2D eigenvalue weighted by Crippen LogP contribution is -2.57. The van der Waals surface area contributed by atoms with Gasteiger partial charge in [0.15, 0.2) is 0 Å². The van der Waals surface area contributed by atoms with Crippen LogP contribution in [0.3, 0.4) is 0 Å². The number of hydrogen-bond donors (Lipinski definition) is 1. The van der Waals surface area contributed by atoms with Gasteiger partial charge in [0.1, 0.15) is 13.2 Å². The molecule has 4 nitrogen and oxygen atoms in total. The molecule has 17 heavy (non-hydrogen) atoms. The second kappa shape index (κ2) is 5.68. The fourth-order valence-corrected chi connectivity index (χ4v) is 1.75. The molecule has 0 aromatic heterocycles. The van der Waals surface area contributed by atoms with E-state index in [1.807, 2.05) is 13.8 Å². The lowest BCUT2D eigenvalue weighted by atomic mass is 10.1. The second-order valence-corrected chi connectivity index (χ2v) is 4.18. The first-order chi connectivity index (χ1) is 7.81. The molecule has 0 spiro atoms. The van der Waals surface area contributed by atoms with Crippen LogP contribution in [0.5, 0.6) is 0 Å². The summed E-state index contributed by atoms with van der Waals surface area (Å²) in [5, 5.41) is 3.18. The summed E-state index contributed by atoms with van der Waals surface area (Å²) >= 11 is 0. The van der Waals surface area contributed by atoms with Crippen molar-refractivity contribution >= 4 is 5.91 Å². The molecule has 1 aliphatic rings. The smallest absolute Gasteiger partial charge is 0.362 e. The number of amides is 1. The van der Waals surface area contributed by atoms with Gasteiger partial charge >= 0.3 is 6.18 Å². The highest BCUT2D eigenvalue weighted by Gasteiger charge is 2.30. The lowest BCUT2D eigenvalue weighted by Gasteiger charge is -2.38. The van der Waals surface area contributed by atoms with Gasteiger partial charge < -0.3 is 15.0 Å². The molecule has 2 unspecified atom stereocenters. The average Bonchev–Trinajstić information content (AvgIpc) is 2.20. The molecule has 2 atom stereocenters. The van der Waals surface area contributed by atoms with E-state index in [-0.39, 0.29) is 12.1 Å². The molecule has 0 aromatic rings. The molecule has 1 saturated heterocycles. The SMILES string of the molecule is CC1NCCN(C(=O)COCC(F)(F)F)C1C. The van der Waals surface area contributed by atoms with Crippen LogP contribution in [0.25, 0.3) is 0 Å². The zero-order valence-corrected chi connectivity index (χ0v) is 9.88. The molecule has 1 N–H and O–H groups in total. The van der Waals surface area contributed by atoms with Crippen molar-refractivity contribution in [1.29, 1.82) is 0 Å². The molecule has 1 aliphatic heterocycles. The van der Waals surface area contributed by atoms with Crippen molar-refractivity contribution in [2.45, 2.75) is 32.1 Å². The minimum absolute atomic E-state index is 0.0364. The van der Waals surface area contributed by atoms with Gasteiger partial charge in [0.25, 0.3) is 0 Å². The van der Waals surface area contributed by atoms with Crippen LogP contribution in [0, 0.1) is 0 Å². The average molecular weight is 254 g/mol. The first-order valence-electron chi connectivity index (χ1n) is 5.48. The largest absolute Gasteiger partial charge is 0.411 e. The predicted octanol–water partition coefficient (Wildman–Crippen LogP) is 0.774. The molecule has 0 saturated carbocycles. The van der Waals surface area contributed by atoms with Gasteiger partial charge in [0, 0.05) is 25.2 Å². The van der Waals surface area contributed by atoms with Gasteiger partial charge in [-0.3, -0.25) is 4.79 Å². The number of halogens is 3. The van der Waals surface area contributed by atoms with Crippen LogP contribution < -0.4 is 5.32 Å². The quantitative estimate of drug-likeness (QED) is 0.809. The summed E-state index contributed by atoms with van der Waals surface area (Å²) in [5.41, 5.74) is 0. The highest BCUT2D eigenvalue weighted by atomic mass is 19.4. The maximum atomic E-state index is 11.8. The van der Waals surface area contributed by atoms with Gasteiger partial charge in [0.2, 0.25) is 5.91 Å². The van der Waals surface area contributed by atoms with E-state index < -0.39 is 25.3 Å². The van der Waals surface area contributed by atoms with Crippen molar-refractivity contribution in [3.05, 3.63) is 0 Å². The number of nitrogens with zero attached hydrogens (tertiary/aromatic N) is 1. The van der Waals surface area contributed by atoms with Crippen molar-refractivity contribution in [3.8, 4) is 0 Å². The molecule has 0 bridgehead atoms. The summed E-state index contributed by atoms with van der Waals surface area (Å²) in [4.78, 5) is 13.2. The number of carbonyl (C=O) groups excluding carboxylic acids is 1. The van der Waals surface area contributed by atoms with E-state index in [1.165, 1.54) is 0 Å². The first-order valence-corrected chi connectivity index (χ1v) is 5.48. The van der Waals surface area contributed by atoms with E-state index in [0.29, 0.717) is 13.1 Å². The predicted molar refractivity (Wildman–Crippen MR) is 55.5 cm³/mol. The summed E-state index contributed by atoms with van der Waals surface area (Å²) in [5.74, 6) is -0.393. The minimum atomic E-state index is -4.39.